The van der Waals surface area contributed by atoms with Crippen LogP contribution in [0.5, 0.6) is 0 Å². The highest BCUT2D eigenvalue weighted by atomic mass is 16.1. The summed E-state index contributed by atoms with van der Waals surface area (Å²) in [7, 11) is 3.79. The molecule has 6 unspecified atom stereocenters. The fraction of sp³-hybridized carbons (Fsp3) is 0.545. The van der Waals surface area contributed by atoms with E-state index in [1.807, 2.05) is 38.4 Å². The Bertz CT molecular complexity index is 2960. The number of aryl methyl sites for hydroxylation is 2. The molecule has 0 radical (unpaired) electrons. The van der Waals surface area contributed by atoms with Gasteiger partial charge in [0.15, 0.2) is 28.9 Å². The maximum atomic E-state index is 12.7. The third kappa shape index (κ3) is 14.2. The molecule has 5 aromatic carbocycles. The molecule has 10 nitrogen and oxygen atoms in total. The van der Waals surface area contributed by atoms with Crippen LogP contribution >= 0.6 is 0 Å². The fourth-order valence-corrected chi connectivity index (χ4v) is 16.0. The number of likely N-dealkylation sites (tertiary alicyclic amines) is 3. The number of Topliss-reactive ketones (excluding diaryl/α,β-unsaturated/α-hetero) is 5. The molecule has 13 rings (SSSR count). The molecule has 8 fully saturated rings. The van der Waals surface area contributed by atoms with Crippen LogP contribution < -0.4 is 10.6 Å². The molecular weight excluding hydrogens is 1070 g/mol. The number of hydrogen-bond donors (Lipinski definition) is 2. The summed E-state index contributed by atoms with van der Waals surface area (Å²) >= 11 is 0. The highest BCUT2D eigenvalue weighted by molar-refractivity contribution is 5.93. The maximum absolute atomic E-state index is 12.7. The summed E-state index contributed by atoms with van der Waals surface area (Å²) in [5.74, 6) is 2.73. The molecule has 10 heteroatoms. The quantitative estimate of drug-likeness (QED) is 0.140. The van der Waals surface area contributed by atoms with E-state index in [1.54, 1.807) is 0 Å². The Morgan fingerprint density at radius 2 is 0.770 bits per heavy atom. The SMILES string of the molecule is C.CC1CCN1C1(c2ccccc2)CCCCC1=O.CC1CN(C2(c3ccccc3)CCCCC2=O)C1.CNC1(c2ccc(C)cc2)CCCCC1=O.CNC1(c2cccc(C)c2)CCCCC1=O.O=C1CCCCC1(c1ccccc1)N1CCCC1. The van der Waals surface area contributed by atoms with Gasteiger partial charge < -0.3 is 10.6 Å². The van der Waals surface area contributed by atoms with E-state index in [2.05, 4.69) is 168 Å². The van der Waals surface area contributed by atoms with Crippen LogP contribution in [0.1, 0.15) is 208 Å². The summed E-state index contributed by atoms with van der Waals surface area (Å²) < 4.78 is 0. The van der Waals surface area contributed by atoms with Crippen LogP contribution in [0.3, 0.4) is 0 Å². The molecule has 0 amide bonds. The summed E-state index contributed by atoms with van der Waals surface area (Å²) in [5, 5.41) is 6.51. The average Bonchev–Trinajstić information content (AvgIpc) is 1.05. The molecule has 87 heavy (non-hydrogen) atoms. The van der Waals surface area contributed by atoms with Crippen LogP contribution in [-0.4, -0.2) is 96.5 Å². The van der Waals surface area contributed by atoms with Gasteiger partial charge in [-0.2, -0.15) is 0 Å². The van der Waals surface area contributed by atoms with Crippen molar-refractivity contribution in [3.05, 3.63) is 178 Å². The van der Waals surface area contributed by atoms with Crippen molar-refractivity contribution in [3.63, 3.8) is 0 Å². The van der Waals surface area contributed by atoms with Crippen LogP contribution in [0, 0.1) is 19.8 Å². The van der Waals surface area contributed by atoms with Crippen molar-refractivity contribution in [2.75, 3.05) is 46.8 Å². The number of likely N-dealkylation sites (N-methyl/N-ethyl adjacent to an activating group) is 2. The van der Waals surface area contributed by atoms with Crippen LogP contribution in [-0.2, 0) is 51.7 Å². The van der Waals surface area contributed by atoms with E-state index in [4.69, 9.17) is 0 Å². The molecule has 6 atom stereocenters. The Labute approximate surface area is 523 Å². The largest absolute Gasteiger partial charge is 0.304 e. The zero-order valence-electron chi connectivity index (χ0n) is 53.1. The Kier molecular flexibility index (Phi) is 23.7. The molecule has 0 bridgehead atoms. The Balaban J connectivity index is 0.000000141. The number of carbonyl (C=O) groups excluding carboxylic acids is 5. The van der Waals surface area contributed by atoms with Crippen molar-refractivity contribution in [2.24, 2.45) is 5.92 Å². The molecule has 0 aromatic heterocycles. The van der Waals surface area contributed by atoms with Crippen LogP contribution in [0.25, 0.3) is 0 Å². The van der Waals surface area contributed by atoms with E-state index >= 15 is 0 Å². The van der Waals surface area contributed by atoms with Crippen molar-refractivity contribution >= 4 is 28.9 Å². The van der Waals surface area contributed by atoms with Crippen LogP contribution in [0.4, 0.5) is 0 Å². The van der Waals surface area contributed by atoms with E-state index in [0.717, 1.165) is 146 Å². The van der Waals surface area contributed by atoms with E-state index in [9.17, 15) is 24.0 Å². The van der Waals surface area contributed by atoms with Gasteiger partial charge in [0.25, 0.3) is 0 Å². The average molecular weight is 1180 g/mol. The van der Waals surface area contributed by atoms with Gasteiger partial charge in [0, 0.05) is 57.8 Å². The lowest BCUT2D eigenvalue weighted by molar-refractivity contribution is -0.143. The van der Waals surface area contributed by atoms with E-state index in [0.29, 0.717) is 47.8 Å². The monoisotopic (exact) mass is 1180 g/mol. The van der Waals surface area contributed by atoms with Crippen molar-refractivity contribution in [2.45, 2.75) is 217 Å². The predicted octanol–water partition coefficient (Wildman–Crippen LogP) is 15.0. The van der Waals surface area contributed by atoms with Crippen molar-refractivity contribution in [1.29, 1.82) is 0 Å². The number of nitrogens with one attached hydrogen (secondary N) is 2. The second kappa shape index (κ2) is 30.6. The molecule has 5 aliphatic carbocycles. The van der Waals surface area contributed by atoms with E-state index in [-0.39, 0.29) is 24.0 Å². The van der Waals surface area contributed by atoms with Gasteiger partial charge in [-0.15, -0.1) is 0 Å². The van der Waals surface area contributed by atoms with E-state index < -0.39 is 11.1 Å². The fourth-order valence-electron chi connectivity index (χ4n) is 16.0. The molecule has 5 saturated carbocycles. The van der Waals surface area contributed by atoms with Gasteiger partial charge in [0.1, 0.15) is 27.7 Å². The van der Waals surface area contributed by atoms with Gasteiger partial charge >= 0.3 is 0 Å². The zero-order valence-corrected chi connectivity index (χ0v) is 53.1. The molecule has 8 aliphatic rings. The molecule has 5 aromatic rings. The zero-order chi connectivity index (χ0) is 60.8. The summed E-state index contributed by atoms with van der Waals surface area (Å²) in [6.45, 7) is 14.0. The molecule has 468 valence electrons. The van der Waals surface area contributed by atoms with Gasteiger partial charge in [0.05, 0.1) is 0 Å². The molecule has 2 N–H and O–H groups in total. The minimum Gasteiger partial charge on any atom is -0.304 e. The van der Waals surface area contributed by atoms with Crippen molar-refractivity contribution in [1.82, 2.24) is 25.3 Å². The molecule has 3 saturated heterocycles. The van der Waals surface area contributed by atoms with Crippen molar-refractivity contribution in [3.8, 4) is 0 Å². The normalized spacial score (nSPS) is 28.7. The van der Waals surface area contributed by atoms with Gasteiger partial charge in [-0.05, 0) is 165 Å². The number of rotatable bonds is 10. The first-order valence-electron chi connectivity index (χ1n) is 33.3. The van der Waals surface area contributed by atoms with Gasteiger partial charge in [-0.3, -0.25) is 38.7 Å². The summed E-state index contributed by atoms with van der Waals surface area (Å²) in [4.78, 5) is 69.6. The van der Waals surface area contributed by atoms with Gasteiger partial charge in [0.2, 0.25) is 0 Å². The number of benzene rings is 5. The minimum absolute atomic E-state index is 0. The minimum atomic E-state index is -0.426. The number of hydrogen-bond acceptors (Lipinski definition) is 10. The third-order valence-corrected chi connectivity index (χ3v) is 21.0. The lowest BCUT2D eigenvalue weighted by atomic mass is 9.72. The smallest absolute Gasteiger partial charge is 0.157 e. The number of carbonyl (C=O) groups is 5. The van der Waals surface area contributed by atoms with Crippen molar-refractivity contribution < 1.29 is 24.0 Å². The molecule has 3 heterocycles. The molecule has 0 spiro atoms. The topological polar surface area (TPSA) is 119 Å². The second-order valence-electron chi connectivity index (χ2n) is 26.4. The highest BCUT2D eigenvalue weighted by Crippen LogP contribution is 2.46. The second-order valence-corrected chi connectivity index (χ2v) is 26.4. The third-order valence-electron chi connectivity index (χ3n) is 21.0. The standard InChI is InChI=1S/3C16H21NO.2C14H19NO.CH4/c1-13-10-12-17(13)16(11-6-5-9-15(16)18)14-7-3-2-4-8-14;1-13-11-17(12-13)16(10-6-5-9-15(16)18)14-7-3-2-4-8-14;18-15-10-4-5-11-16(15,17-12-6-7-13-17)14-8-2-1-3-9-14;1-11-6-5-7-12(10-11)14(15-2)9-4-3-8-13(14)16;1-11-6-8-12(9-7-11)14(15-2)10-4-3-5-13(14)16;/h2*2-4,7-8,13H,5-6,9-12H2,1H3;1-3,8-9H,4-7,10-13H2;5-7,10,15H,3-4,8-9H2,1-2H3;6-9,15H,3-5,10H2,1-2H3;1H4. The highest BCUT2D eigenvalue weighted by Gasteiger charge is 2.52. The first kappa shape index (κ1) is 67.2. The lowest BCUT2D eigenvalue weighted by Crippen LogP contribution is -2.62. The van der Waals surface area contributed by atoms with E-state index in [1.165, 1.54) is 66.3 Å². The summed E-state index contributed by atoms with van der Waals surface area (Å²) in [6.07, 6.45) is 23.3. The van der Waals surface area contributed by atoms with Crippen LogP contribution in [0.15, 0.2) is 140 Å². The first-order valence-corrected chi connectivity index (χ1v) is 33.3. The molecule has 3 aliphatic heterocycles. The van der Waals surface area contributed by atoms with Gasteiger partial charge in [-0.1, -0.05) is 197 Å². The lowest BCUT2D eigenvalue weighted by Gasteiger charge is -2.53. The number of ketones is 5. The number of nitrogens with zero attached hydrogens (tertiary/aromatic N) is 3. The summed E-state index contributed by atoms with van der Waals surface area (Å²) in [6, 6.07) is 48.4. The Morgan fingerprint density at radius 3 is 1.15 bits per heavy atom. The van der Waals surface area contributed by atoms with Crippen LogP contribution in [0.2, 0.25) is 0 Å². The maximum Gasteiger partial charge on any atom is 0.157 e. The molecular formula is C77H105N5O5. The predicted molar refractivity (Wildman–Crippen MR) is 355 cm³/mol. The van der Waals surface area contributed by atoms with Gasteiger partial charge in [-0.25, -0.2) is 0 Å². The summed E-state index contributed by atoms with van der Waals surface area (Å²) in [5.41, 5.74) is 6.57. The Hall–Kier alpha value is -5.75. The Morgan fingerprint density at radius 1 is 0.379 bits per heavy atom. The first-order chi connectivity index (χ1) is 41.7.